The maximum absolute atomic E-state index is 13.0. The number of unbranched alkanes of at least 4 members (excludes halogenated alkanes) is 3. The molecule has 194 valence electrons. The van der Waals surface area contributed by atoms with Crippen LogP contribution in [-0.4, -0.2) is 72.7 Å². The number of hydrogen-bond acceptors (Lipinski definition) is 6. The smallest absolute Gasteiger partial charge is 0.398 e. The minimum Gasteiger partial charge on any atom is -0.398 e. The molecule has 34 heavy (non-hydrogen) atoms. The van der Waals surface area contributed by atoms with Crippen molar-refractivity contribution in [1.29, 1.82) is 0 Å². The van der Waals surface area contributed by atoms with Gasteiger partial charge in [0.1, 0.15) is 5.60 Å². The summed E-state index contributed by atoms with van der Waals surface area (Å²) in [6, 6.07) is 3.08. The molecule has 12 heteroatoms. The summed E-state index contributed by atoms with van der Waals surface area (Å²) < 4.78 is 64.3. The minimum absolute atomic E-state index is 0.0846. The zero-order chi connectivity index (χ0) is 25.6. The van der Waals surface area contributed by atoms with Crippen molar-refractivity contribution in [2.75, 3.05) is 49.5 Å². The Morgan fingerprint density at radius 1 is 1.12 bits per heavy atom. The molecule has 0 saturated carbocycles. The van der Waals surface area contributed by atoms with Crippen LogP contribution < -0.4 is 11.1 Å². The van der Waals surface area contributed by atoms with E-state index < -0.39 is 39.0 Å². The van der Waals surface area contributed by atoms with Crippen molar-refractivity contribution in [3.8, 4) is 0 Å². The zero-order valence-corrected chi connectivity index (χ0v) is 20.5. The number of nitrogens with one attached hydrogen (secondary N) is 1. The van der Waals surface area contributed by atoms with Crippen LogP contribution in [0.2, 0.25) is 0 Å². The maximum Gasteiger partial charge on any atom is 0.418 e. The van der Waals surface area contributed by atoms with Crippen molar-refractivity contribution in [2.24, 2.45) is 0 Å². The summed E-state index contributed by atoms with van der Waals surface area (Å²) >= 11 is 0. The number of anilines is 2. The van der Waals surface area contributed by atoms with E-state index in [2.05, 4.69) is 10.2 Å². The Kier molecular flexibility index (Phi) is 9.75. The predicted molar refractivity (Wildman–Crippen MR) is 126 cm³/mol. The van der Waals surface area contributed by atoms with Crippen LogP contribution >= 0.6 is 0 Å². The third kappa shape index (κ3) is 8.10. The van der Waals surface area contributed by atoms with Gasteiger partial charge in [0, 0.05) is 37.6 Å². The number of benzene rings is 1. The van der Waals surface area contributed by atoms with Crippen molar-refractivity contribution in [1.82, 2.24) is 9.21 Å². The van der Waals surface area contributed by atoms with E-state index in [1.54, 1.807) is 6.92 Å². The summed E-state index contributed by atoms with van der Waals surface area (Å²) in [5.74, 6) is -0.658. The zero-order valence-electron chi connectivity index (χ0n) is 19.7. The second kappa shape index (κ2) is 11.7. The first-order valence-corrected chi connectivity index (χ1v) is 13.1. The van der Waals surface area contributed by atoms with E-state index in [0.717, 1.165) is 37.9 Å². The molecule has 0 aliphatic carbocycles. The number of aliphatic hydroxyl groups is 1. The number of nitrogens with zero attached hydrogens (tertiary/aromatic N) is 2. The Hall–Kier alpha value is -1.89. The van der Waals surface area contributed by atoms with Gasteiger partial charge in [-0.1, -0.05) is 19.3 Å². The van der Waals surface area contributed by atoms with E-state index in [4.69, 9.17) is 5.73 Å². The van der Waals surface area contributed by atoms with E-state index >= 15 is 0 Å². The van der Waals surface area contributed by atoms with Gasteiger partial charge in [-0.2, -0.15) is 17.5 Å². The van der Waals surface area contributed by atoms with Gasteiger partial charge in [0.05, 0.1) is 11.3 Å². The number of alkyl halides is 3. The van der Waals surface area contributed by atoms with Crippen molar-refractivity contribution in [2.45, 2.75) is 57.7 Å². The normalized spacial score (nSPS) is 17.9. The lowest BCUT2D eigenvalue weighted by molar-refractivity contribution is -0.137. The van der Waals surface area contributed by atoms with Crippen molar-refractivity contribution in [3.05, 3.63) is 23.8 Å². The summed E-state index contributed by atoms with van der Waals surface area (Å²) in [4.78, 5) is 14.6. The summed E-state index contributed by atoms with van der Waals surface area (Å²) in [5.41, 5.74) is 2.07. The minimum atomic E-state index is -4.64. The lowest BCUT2D eigenvalue weighted by Gasteiger charge is -2.33. The molecule has 1 saturated heterocycles. The molecule has 1 aliphatic heterocycles. The Labute approximate surface area is 199 Å². The van der Waals surface area contributed by atoms with E-state index in [1.165, 1.54) is 17.3 Å². The Bertz CT molecular complexity index is 931. The Morgan fingerprint density at radius 2 is 1.74 bits per heavy atom. The molecule has 1 atom stereocenters. The first-order chi connectivity index (χ1) is 15.8. The standard InChI is InChI=1S/C22H35F3N4O4S/c1-3-34(32,33)29-14-12-28(13-15-29)11-7-5-4-6-10-21(2,31)20(30)27-17-8-9-19(26)18(16-17)22(23,24)25/h8-9,16,31H,3-7,10-15,26H2,1-2H3,(H,27,30). The van der Waals surface area contributed by atoms with Crippen LogP contribution in [0.3, 0.4) is 0 Å². The number of sulfonamides is 1. The molecule has 2 rings (SSSR count). The van der Waals surface area contributed by atoms with Crippen LogP contribution in [0, 0.1) is 0 Å². The van der Waals surface area contributed by atoms with Crippen LogP contribution in [0.5, 0.6) is 0 Å². The van der Waals surface area contributed by atoms with Crippen molar-refractivity contribution < 1.29 is 31.5 Å². The summed E-state index contributed by atoms with van der Waals surface area (Å²) in [6.07, 6.45) is -1.30. The number of halogens is 3. The van der Waals surface area contributed by atoms with E-state index in [-0.39, 0.29) is 17.9 Å². The number of amides is 1. The maximum atomic E-state index is 13.0. The summed E-state index contributed by atoms with van der Waals surface area (Å²) in [5, 5.41) is 12.8. The molecule has 1 aliphatic rings. The predicted octanol–water partition coefficient (Wildman–Crippen LogP) is 2.89. The summed E-state index contributed by atoms with van der Waals surface area (Å²) in [6.45, 7) is 6.26. The molecule has 1 unspecified atom stereocenters. The molecule has 0 spiro atoms. The highest BCUT2D eigenvalue weighted by Gasteiger charge is 2.34. The van der Waals surface area contributed by atoms with Crippen LogP contribution in [0.25, 0.3) is 0 Å². The van der Waals surface area contributed by atoms with Crippen molar-refractivity contribution in [3.63, 3.8) is 0 Å². The molecular weight excluding hydrogens is 473 g/mol. The van der Waals surface area contributed by atoms with Gasteiger partial charge < -0.3 is 21.1 Å². The second-order valence-corrected chi connectivity index (χ2v) is 11.1. The molecule has 1 aromatic rings. The molecule has 1 fully saturated rings. The molecule has 1 aromatic carbocycles. The first-order valence-electron chi connectivity index (χ1n) is 11.5. The Balaban J connectivity index is 1.69. The molecule has 0 aromatic heterocycles. The van der Waals surface area contributed by atoms with Gasteiger partial charge in [0.2, 0.25) is 10.0 Å². The number of carbonyl (C=O) groups excluding carboxylic acids is 1. The average molecular weight is 509 g/mol. The molecule has 0 bridgehead atoms. The van der Waals surface area contributed by atoms with Gasteiger partial charge in [-0.25, -0.2) is 8.42 Å². The van der Waals surface area contributed by atoms with Crippen molar-refractivity contribution >= 4 is 27.3 Å². The number of nitrogen functional groups attached to an aromatic ring is 1. The molecule has 4 N–H and O–H groups in total. The number of nitrogens with two attached hydrogens (primary N) is 1. The largest absolute Gasteiger partial charge is 0.418 e. The van der Waals surface area contributed by atoms with Gasteiger partial charge in [-0.3, -0.25) is 4.79 Å². The fourth-order valence-corrected chi connectivity index (χ4v) is 4.92. The lowest BCUT2D eigenvalue weighted by Crippen LogP contribution is -2.49. The van der Waals surface area contributed by atoms with Crippen LogP contribution in [0.15, 0.2) is 18.2 Å². The van der Waals surface area contributed by atoms with E-state index in [1.807, 2.05) is 0 Å². The highest BCUT2D eigenvalue weighted by molar-refractivity contribution is 7.89. The molecule has 1 amide bonds. The summed E-state index contributed by atoms with van der Waals surface area (Å²) in [7, 11) is -3.13. The fraction of sp³-hybridized carbons (Fsp3) is 0.682. The van der Waals surface area contributed by atoms with Gasteiger partial charge in [-0.15, -0.1) is 0 Å². The quantitative estimate of drug-likeness (QED) is 0.313. The molecule has 0 radical (unpaired) electrons. The highest BCUT2D eigenvalue weighted by atomic mass is 32.2. The number of piperazine rings is 1. The molecular formula is C22H35F3N4O4S. The fourth-order valence-electron chi connectivity index (χ4n) is 3.83. The van der Waals surface area contributed by atoms with Crippen LogP contribution in [0.4, 0.5) is 24.5 Å². The van der Waals surface area contributed by atoms with E-state index in [0.29, 0.717) is 32.6 Å². The third-order valence-corrected chi connectivity index (χ3v) is 7.96. The van der Waals surface area contributed by atoms with Crippen LogP contribution in [0.1, 0.15) is 51.5 Å². The number of carbonyl (C=O) groups is 1. The average Bonchev–Trinajstić information content (AvgIpc) is 2.77. The van der Waals surface area contributed by atoms with Gasteiger partial charge in [0.25, 0.3) is 5.91 Å². The topological polar surface area (TPSA) is 116 Å². The molecule has 1 heterocycles. The highest BCUT2D eigenvalue weighted by Crippen LogP contribution is 2.35. The second-order valence-electron chi connectivity index (χ2n) is 8.83. The van der Waals surface area contributed by atoms with Gasteiger partial charge in [0.15, 0.2) is 0 Å². The van der Waals surface area contributed by atoms with E-state index in [9.17, 15) is 31.5 Å². The van der Waals surface area contributed by atoms with Gasteiger partial charge >= 0.3 is 6.18 Å². The SMILES string of the molecule is CCS(=O)(=O)N1CCN(CCCCCCC(C)(O)C(=O)Nc2ccc(N)c(C(F)(F)F)c2)CC1. The monoisotopic (exact) mass is 508 g/mol. The number of rotatable bonds is 11. The lowest BCUT2D eigenvalue weighted by atomic mass is 9.96. The third-order valence-electron chi connectivity index (χ3n) is 6.08. The Morgan fingerprint density at radius 3 is 2.32 bits per heavy atom. The molecule has 8 nitrogen and oxygen atoms in total. The van der Waals surface area contributed by atoms with Crippen LogP contribution in [-0.2, 0) is 21.0 Å². The number of hydrogen-bond donors (Lipinski definition) is 3. The van der Waals surface area contributed by atoms with Gasteiger partial charge in [-0.05, 0) is 51.4 Å². The first kappa shape index (κ1) is 28.3.